The zero-order chi connectivity index (χ0) is 23.1. The second kappa shape index (κ2) is 22.0. The number of unbranched alkanes of at least 4 members (excludes halogenated alkanes) is 11. The Hall–Kier alpha value is -0.810. The summed E-state index contributed by atoms with van der Waals surface area (Å²) >= 11 is 0. The quantitative estimate of drug-likeness (QED) is 0.175. The van der Waals surface area contributed by atoms with Gasteiger partial charge in [-0.1, -0.05) is 109 Å². The predicted octanol–water partition coefficient (Wildman–Crippen LogP) is 9.93. The highest BCUT2D eigenvalue weighted by Gasteiger charge is 2.18. The van der Waals surface area contributed by atoms with E-state index >= 15 is 0 Å². The van der Waals surface area contributed by atoms with Gasteiger partial charge in [0.15, 0.2) is 0 Å². The fourth-order valence-electron chi connectivity index (χ4n) is 5.01. The Morgan fingerprint density at radius 2 is 1.44 bits per heavy atom. The maximum atomic E-state index is 9.78. The van der Waals surface area contributed by atoms with Crippen LogP contribution in [0.15, 0.2) is 12.2 Å². The molecule has 0 N–H and O–H groups in total. The smallest absolute Gasteiger partial charge is 0.0656 e. The van der Waals surface area contributed by atoms with Crippen molar-refractivity contribution in [3.05, 3.63) is 12.2 Å². The first-order valence-corrected chi connectivity index (χ1v) is 14.5. The first-order chi connectivity index (χ1) is 15.8. The first-order valence-electron chi connectivity index (χ1n) is 14.5. The Labute approximate surface area is 201 Å². The van der Waals surface area contributed by atoms with E-state index in [9.17, 15) is 5.26 Å². The van der Waals surface area contributed by atoms with Gasteiger partial charge < -0.3 is 4.74 Å². The molecule has 0 heterocycles. The molecular formula is C30H55NO. The van der Waals surface area contributed by atoms with Gasteiger partial charge in [-0.2, -0.15) is 5.26 Å². The van der Waals surface area contributed by atoms with E-state index in [1.54, 1.807) is 0 Å². The fraction of sp³-hybridized carbons (Fsp3) is 0.900. The molecule has 0 saturated carbocycles. The highest BCUT2D eigenvalue weighted by molar-refractivity contribution is 4.94. The van der Waals surface area contributed by atoms with Crippen LogP contribution in [0.3, 0.4) is 0 Å². The van der Waals surface area contributed by atoms with Crippen molar-refractivity contribution in [3.63, 3.8) is 0 Å². The summed E-state index contributed by atoms with van der Waals surface area (Å²) in [6.07, 6.45) is 32.0. The molecular weight excluding hydrogens is 390 g/mol. The average Bonchev–Trinajstić information content (AvgIpc) is 2.80. The Morgan fingerprint density at radius 1 is 0.781 bits per heavy atom. The lowest BCUT2D eigenvalue weighted by Gasteiger charge is -2.22. The van der Waals surface area contributed by atoms with E-state index in [0.29, 0.717) is 12.0 Å². The molecule has 1 aliphatic rings. The van der Waals surface area contributed by atoms with Crippen molar-refractivity contribution in [1.29, 1.82) is 5.26 Å². The molecule has 3 atom stereocenters. The minimum Gasteiger partial charge on any atom is -0.378 e. The Morgan fingerprint density at radius 3 is 2.12 bits per heavy atom. The van der Waals surface area contributed by atoms with Crippen molar-refractivity contribution >= 4 is 0 Å². The van der Waals surface area contributed by atoms with E-state index < -0.39 is 0 Å². The van der Waals surface area contributed by atoms with E-state index in [1.165, 1.54) is 116 Å². The molecule has 0 radical (unpaired) electrons. The molecule has 186 valence electrons. The van der Waals surface area contributed by atoms with E-state index in [-0.39, 0.29) is 5.92 Å². The lowest BCUT2D eigenvalue weighted by atomic mass is 9.86. The number of allylic oxidation sites excluding steroid dienone is 2. The van der Waals surface area contributed by atoms with E-state index in [2.05, 4.69) is 32.1 Å². The number of ether oxygens (including phenoxy) is 1. The third kappa shape index (κ3) is 16.8. The fourth-order valence-corrected chi connectivity index (χ4v) is 5.01. The lowest BCUT2D eigenvalue weighted by Crippen LogP contribution is -2.17. The maximum Gasteiger partial charge on any atom is 0.0656 e. The summed E-state index contributed by atoms with van der Waals surface area (Å²) in [6.45, 7) is 5.47. The monoisotopic (exact) mass is 445 g/mol. The standard InChI is InChI=1S/C30H55NO/c1-3-5-7-9-10-11-15-19-25-32-30-22-18-14-13-17-21-28(20-16-12-8-6-4-2)26-29(27-31)23-24-30/h17,21,28-30H,3-16,18-20,22-26H2,1-2H3. The Balaban J connectivity index is 2.33. The molecule has 1 aliphatic carbocycles. The zero-order valence-electron chi connectivity index (χ0n) is 21.8. The zero-order valence-corrected chi connectivity index (χ0v) is 21.8. The van der Waals surface area contributed by atoms with Gasteiger partial charge in [-0.05, 0) is 57.3 Å². The second-order valence-electron chi connectivity index (χ2n) is 10.3. The Bertz CT molecular complexity index is 466. The van der Waals surface area contributed by atoms with Gasteiger partial charge in [0.2, 0.25) is 0 Å². The maximum absolute atomic E-state index is 9.78. The molecule has 1 rings (SSSR count). The van der Waals surface area contributed by atoms with E-state index in [0.717, 1.165) is 25.9 Å². The van der Waals surface area contributed by atoms with Gasteiger partial charge in [0.25, 0.3) is 0 Å². The molecule has 2 heteroatoms. The molecule has 32 heavy (non-hydrogen) atoms. The molecule has 0 amide bonds. The predicted molar refractivity (Wildman–Crippen MR) is 140 cm³/mol. The minimum absolute atomic E-state index is 0.189. The molecule has 2 nitrogen and oxygen atoms in total. The van der Waals surface area contributed by atoms with Gasteiger partial charge in [-0.25, -0.2) is 0 Å². The molecule has 0 fully saturated rings. The van der Waals surface area contributed by atoms with Crippen LogP contribution in [0.1, 0.15) is 149 Å². The summed E-state index contributed by atoms with van der Waals surface area (Å²) < 4.78 is 6.33. The van der Waals surface area contributed by atoms with Crippen molar-refractivity contribution in [2.45, 2.75) is 155 Å². The average molecular weight is 446 g/mol. The number of hydrogen-bond donors (Lipinski definition) is 0. The van der Waals surface area contributed by atoms with Crippen molar-refractivity contribution < 1.29 is 4.74 Å². The second-order valence-corrected chi connectivity index (χ2v) is 10.3. The van der Waals surface area contributed by atoms with Crippen LogP contribution < -0.4 is 0 Å². The van der Waals surface area contributed by atoms with Gasteiger partial charge in [0.05, 0.1) is 12.2 Å². The minimum atomic E-state index is 0.189. The normalized spacial score (nSPS) is 22.7. The Kier molecular flexibility index (Phi) is 20.1. The summed E-state index contributed by atoms with van der Waals surface area (Å²) in [5.74, 6) is 0.784. The number of hydrogen-bond acceptors (Lipinski definition) is 2. The SMILES string of the molecule is CCCCCCCCCCOC1CCCCC=CC(CCCCCCC)CC(C#N)CC1. The third-order valence-corrected chi connectivity index (χ3v) is 7.19. The highest BCUT2D eigenvalue weighted by atomic mass is 16.5. The third-order valence-electron chi connectivity index (χ3n) is 7.19. The summed E-state index contributed by atoms with van der Waals surface area (Å²) in [5.41, 5.74) is 0. The van der Waals surface area contributed by atoms with Crippen LogP contribution in [-0.2, 0) is 4.74 Å². The van der Waals surface area contributed by atoms with Crippen LogP contribution in [0.5, 0.6) is 0 Å². The number of rotatable bonds is 16. The number of nitriles is 1. The first kappa shape index (κ1) is 29.2. The topological polar surface area (TPSA) is 33.0 Å². The van der Waals surface area contributed by atoms with E-state index in [1.807, 2.05) is 0 Å². The van der Waals surface area contributed by atoms with Gasteiger partial charge in [-0.3, -0.25) is 0 Å². The van der Waals surface area contributed by atoms with Crippen molar-refractivity contribution in [1.82, 2.24) is 0 Å². The molecule has 0 aromatic heterocycles. The molecule has 0 aromatic carbocycles. The summed E-state index contributed by atoms with van der Waals surface area (Å²) in [5, 5.41) is 9.78. The summed E-state index contributed by atoms with van der Waals surface area (Å²) in [6, 6.07) is 2.63. The summed E-state index contributed by atoms with van der Waals surface area (Å²) in [4.78, 5) is 0. The van der Waals surface area contributed by atoms with Crippen LogP contribution in [0.4, 0.5) is 0 Å². The van der Waals surface area contributed by atoms with Gasteiger partial charge in [0.1, 0.15) is 0 Å². The highest BCUT2D eigenvalue weighted by Crippen LogP contribution is 2.26. The van der Waals surface area contributed by atoms with Gasteiger partial charge in [-0.15, -0.1) is 0 Å². The largest absolute Gasteiger partial charge is 0.378 e. The molecule has 0 bridgehead atoms. The van der Waals surface area contributed by atoms with Crippen LogP contribution in [0.25, 0.3) is 0 Å². The molecule has 0 aromatic rings. The summed E-state index contributed by atoms with van der Waals surface area (Å²) in [7, 11) is 0. The molecule has 0 saturated heterocycles. The van der Waals surface area contributed by atoms with Crippen LogP contribution >= 0.6 is 0 Å². The van der Waals surface area contributed by atoms with E-state index in [4.69, 9.17) is 4.74 Å². The van der Waals surface area contributed by atoms with Crippen LogP contribution in [0, 0.1) is 23.2 Å². The van der Waals surface area contributed by atoms with Crippen molar-refractivity contribution in [3.8, 4) is 6.07 Å². The van der Waals surface area contributed by atoms with Gasteiger partial charge in [0, 0.05) is 12.5 Å². The van der Waals surface area contributed by atoms with Crippen molar-refractivity contribution in [2.75, 3.05) is 6.61 Å². The lowest BCUT2D eigenvalue weighted by molar-refractivity contribution is 0.0341. The van der Waals surface area contributed by atoms with Crippen LogP contribution in [0.2, 0.25) is 0 Å². The molecule has 3 unspecified atom stereocenters. The van der Waals surface area contributed by atoms with Crippen molar-refractivity contribution in [2.24, 2.45) is 11.8 Å². The molecule has 0 aliphatic heterocycles. The number of nitrogens with zero attached hydrogens (tertiary/aromatic N) is 1. The van der Waals surface area contributed by atoms with Gasteiger partial charge >= 0.3 is 0 Å². The molecule has 0 spiro atoms. The van der Waals surface area contributed by atoms with Crippen LogP contribution in [-0.4, -0.2) is 12.7 Å².